The number of benzene rings is 1. The summed E-state index contributed by atoms with van der Waals surface area (Å²) >= 11 is 6.29. The summed E-state index contributed by atoms with van der Waals surface area (Å²) in [5.41, 5.74) is 2.82. The average Bonchev–Trinajstić information content (AvgIpc) is 3.40. The van der Waals surface area contributed by atoms with Gasteiger partial charge in [0.1, 0.15) is 17.1 Å². The second-order valence-corrected chi connectivity index (χ2v) is 7.46. The summed E-state index contributed by atoms with van der Waals surface area (Å²) in [6.45, 7) is 4.23. The summed E-state index contributed by atoms with van der Waals surface area (Å²) in [4.78, 5) is 9.34. The number of alkyl halides is 3. The zero-order valence-corrected chi connectivity index (χ0v) is 16.2. The molecule has 0 amide bonds. The maximum absolute atomic E-state index is 12.5. The van der Waals surface area contributed by atoms with E-state index in [4.69, 9.17) is 16.6 Å². The van der Waals surface area contributed by atoms with E-state index in [1.807, 2.05) is 6.92 Å². The highest BCUT2D eigenvalue weighted by molar-refractivity contribution is 6.33. The van der Waals surface area contributed by atoms with E-state index >= 15 is 0 Å². The van der Waals surface area contributed by atoms with Crippen LogP contribution in [0.4, 0.5) is 13.2 Å². The molecule has 0 bridgehead atoms. The number of aromatic nitrogens is 3. The van der Waals surface area contributed by atoms with Crippen molar-refractivity contribution in [1.82, 2.24) is 14.5 Å². The van der Waals surface area contributed by atoms with Gasteiger partial charge in [0.15, 0.2) is 5.65 Å². The molecule has 3 aromatic rings. The summed E-state index contributed by atoms with van der Waals surface area (Å²) in [6, 6.07) is 6.03. The minimum absolute atomic E-state index is 0.164. The molecular weight excluding hydrogens is 391 g/mol. The Kier molecular flexibility index (Phi) is 4.73. The highest BCUT2D eigenvalue weighted by Crippen LogP contribution is 2.42. The minimum Gasteiger partial charge on any atom is -0.406 e. The maximum atomic E-state index is 12.5. The van der Waals surface area contributed by atoms with Crippen LogP contribution in [0.1, 0.15) is 38.6 Å². The number of halogens is 4. The fourth-order valence-corrected chi connectivity index (χ4v) is 3.90. The Morgan fingerprint density at radius 3 is 2.61 bits per heavy atom. The van der Waals surface area contributed by atoms with Crippen LogP contribution in [-0.4, -0.2) is 20.9 Å². The van der Waals surface area contributed by atoms with Crippen LogP contribution in [0, 0.1) is 5.92 Å². The first-order valence-electron chi connectivity index (χ1n) is 9.20. The first kappa shape index (κ1) is 19.1. The van der Waals surface area contributed by atoms with Crippen molar-refractivity contribution in [3.63, 3.8) is 0 Å². The van der Waals surface area contributed by atoms with Crippen molar-refractivity contribution in [3.05, 3.63) is 41.3 Å². The van der Waals surface area contributed by atoms with Crippen LogP contribution in [0.2, 0.25) is 5.02 Å². The Morgan fingerprint density at radius 2 is 2.00 bits per heavy atom. The monoisotopic (exact) mass is 409 g/mol. The van der Waals surface area contributed by atoms with Crippen molar-refractivity contribution < 1.29 is 17.9 Å². The second kappa shape index (κ2) is 6.95. The molecule has 1 aliphatic rings. The first-order valence-corrected chi connectivity index (χ1v) is 9.57. The Labute approximate surface area is 165 Å². The number of hydrogen-bond donors (Lipinski definition) is 0. The molecule has 0 radical (unpaired) electrons. The van der Waals surface area contributed by atoms with Crippen LogP contribution in [0.5, 0.6) is 5.75 Å². The van der Waals surface area contributed by atoms with E-state index in [1.165, 1.54) is 31.0 Å². The summed E-state index contributed by atoms with van der Waals surface area (Å²) in [5.74, 6) is 1.23. The fraction of sp³-hybridized carbons (Fsp3) is 0.400. The maximum Gasteiger partial charge on any atom is 0.573 e. The zero-order valence-electron chi connectivity index (χ0n) is 15.4. The minimum atomic E-state index is -4.76. The number of aryl methyl sites for hydroxylation is 1. The number of fused-ring (bicyclic) bond motifs is 1. The molecule has 1 unspecified atom stereocenters. The van der Waals surface area contributed by atoms with Gasteiger partial charge in [-0.1, -0.05) is 18.5 Å². The van der Waals surface area contributed by atoms with Gasteiger partial charge in [0, 0.05) is 29.8 Å². The van der Waals surface area contributed by atoms with Gasteiger partial charge in [-0.3, -0.25) is 0 Å². The highest BCUT2D eigenvalue weighted by atomic mass is 35.5. The quantitative estimate of drug-likeness (QED) is 0.505. The molecule has 2 heterocycles. The lowest BCUT2D eigenvalue weighted by Crippen LogP contribution is -2.17. The molecule has 1 aliphatic carbocycles. The molecule has 2 aromatic heterocycles. The third kappa shape index (κ3) is 3.55. The van der Waals surface area contributed by atoms with Crippen LogP contribution in [0.3, 0.4) is 0 Å². The molecule has 0 spiro atoms. The molecule has 1 saturated carbocycles. The van der Waals surface area contributed by atoms with Gasteiger partial charge >= 0.3 is 6.36 Å². The topological polar surface area (TPSA) is 39.9 Å². The molecule has 28 heavy (non-hydrogen) atoms. The number of hydrogen-bond acceptors (Lipinski definition) is 3. The largest absolute Gasteiger partial charge is 0.573 e. The van der Waals surface area contributed by atoms with Gasteiger partial charge in [0.05, 0.1) is 5.02 Å². The molecule has 8 heteroatoms. The molecule has 1 fully saturated rings. The predicted octanol–water partition coefficient (Wildman–Crippen LogP) is 6.18. The van der Waals surface area contributed by atoms with E-state index in [-0.39, 0.29) is 10.8 Å². The Bertz CT molecular complexity index is 1030. The normalized spacial score (nSPS) is 15.8. The van der Waals surface area contributed by atoms with Gasteiger partial charge in [-0.05, 0) is 49.9 Å². The molecule has 0 N–H and O–H groups in total. The Hall–Kier alpha value is -2.28. The number of pyridine rings is 1. The van der Waals surface area contributed by atoms with E-state index in [0.29, 0.717) is 23.0 Å². The Morgan fingerprint density at radius 1 is 1.25 bits per heavy atom. The molecule has 0 aliphatic heterocycles. The van der Waals surface area contributed by atoms with E-state index in [9.17, 15) is 13.2 Å². The standard InChI is InChI=1S/C20H19ClF3N3O/c1-3-17-26-18-15(8-9-25-19(18)27(17)11(2)12-4-5-12)14-7-6-13(10-16(14)21)28-20(22,23)24/h6-12H,3-5H2,1-2H3. The van der Waals surface area contributed by atoms with Gasteiger partial charge in [-0.2, -0.15) is 0 Å². The van der Waals surface area contributed by atoms with Crippen LogP contribution in [-0.2, 0) is 6.42 Å². The lowest BCUT2D eigenvalue weighted by atomic mass is 10.1. The summed E-state index contributed by atoms with van der Waals surface area (Å²) in [6.07, 6.45) is 0.0964. The molecule has 4 nitrogen and oxygen atoms in total. The second-order valence-electron chi connectivity index (χ2n) is 7.05. The molecule has 1 aromatic carbocycles. The number of nitrogens with zero attached hydrogens (tertiary/aromatic N) is 3. The zero-order chi connectivity index (χ0) is 20.1. The lowest BCUT2D eigenvalue weighted by molar-refractivity contribution is -0.274. The van der Waals surface area contributed by atoms with Crippen LogP contribution >= 0.6 is 11.6 Å². The van der Waals surface area contributed by atoms with Crippen molar-refractivity contribution in [2.75, 3.05) is 0 Å². The average molecular weight is 410 g/mol. The third-order valence-corrected chi connectivity index (χ3v) is 5.46. The summed E-state index contributed by atoms with van der Waals surface area (Å²) in [7, 11) is 0. The van der Waals surface area contributed by atoms with E-state index in [2.05, 4.69) is 21.2 Å². The molecular formula is C20H19ClF3N3O. The summed E-state index contributed by atoms with van der Waals surface area (Å²) in [5, 5.41) is 0.164. The van der Waals surface area contributed by atoms with Gasteiger partial charge in [-0.25, -0.2) is 9.97 Å². The number of ether oxygens (including phenoxy) is 1. The molecule has 0 saturated heterocycles. The first-order chi connectivity index (χ1) is 13.3. The SMILES string of the molecule is CCc1nc2c(-c3ccc(OC(F)(F)F)cc3Cl)ccnc2n1C(C)C1CC1. The van der Waals surface area contributed by atoms with Gasteiger partial charge in [0.2, 0.25) is 0 Å². The van der Waals surface area contributed by atoms with Crippen LogP contribution < -0.4 is 4.74 Å². The van der Waals surface area contributed by atoms with E-state index < -0.39 is 6.36 Å². The number of rotatable bonds is 5. The molecule has 1 atom stereocenters. The van der Waals surface area contributed by atoms with Crippen molar-refractivity contribution in [2.45, 2.75) is 45.5 Å². The van der Waals surface area contributed by atoms with E-state index in [1.54, 1.807) is 12.3 Å². The smallest absolute Gasteiger partial charge is 0.406 e. The third-order valence-electron chi connectivity index (χ3n) is 5.14. The molecule has 148 valence electrons. The van der Waals surface area contributed by atoms with Gasteiger partial charge < -0.3 is 9.30 Å². The van der Waals surface area contributed by atoms with Gasteiger partial charge in [-0.15, -0.1) is 13.2 Å². The highest BCUT2D eigenvalue weighted by Gasteiger charge is 2.33. The lowest BCUT2D eigenvalue weighted by Gasteiger charge is -2.16. The van der Waals surface area contributed by atoms with Gasteiger partial charge in [0.25, 0.3) is 0 Å². The number of imidazole rings is 1. The van der Waals surface area contributed by atoms with Crippen molar-refractivity contribution in [1.29, 1.82) is 0 Å². The fourth-order valence-electron chi connectivity index (χ4n) is 3.63. The predicted molar refractivity (Wildman–Crippen MR) is 101 cm³/mol. The van der Waals surface area contributed by atoms with Crippen molar-refractivity contribution >= 4 is 22.8 Å². The Balaban J connectivity index is 1.81. The van der Waals surface area contributed by atoms with E-state index in [0.717, 1.165) is 23.5 Å². The van der Waals surface area contributed by atoms with Crippen molar-refractivity contribution in [3.8, 4) is 16.9 Å². The molecule has 4 rings (SSSR count). The summed E-state index contributed by atoms with van der Waals surface area (Å²) < 4.78 is 43.5. The van der Waals surface area contributed by atoms with Crippen LogP contribution in [0.15, 0.2) is 30.5 Å². The van der Waals surface area contributed by atoms with Crippen LogP contribution in [0.25, 0.3) is 22.3 Å². The van der Waals surface area contributed by atoms with Crippen molar-refractivity contribution in [2.24, 2.45) is 5.92 Å².